The number of amides is 7. The molecule has 3 aromatic rings. The maximum atomic E-state index is 13.4. The lowest BCUT2D eigenvalue weighted by atomic mass is 10.0. The van der Waals surface area contributed by atoms with Gasteiger partial charge in [-0.1, -0.05) is 44.2 Å². The minimum atomic E-state index is -1.26. The molecule has 0 radical (unpaired) electrons. The van der Waals surface area contributed by atoms with Crippen molar-refractivity contribution in [2.24, 2.45) is 11.7 Å². The molecule has 0 bridgehead atoms. The molecule has 2 atom stereocenters. The summed E-state index contributed by atoms with van der Waals surface area (Å²) < 4.78 is 37.6. The minimum absolute atomic E-state index is 0.0810. The number of nitrogens with one attached hydrogen (secondary N) is 4. The molecule has 370 valence electrons. The molecule has 0 unspecified atom stereocenters. The Labute approximate surface area is 394 Å². The summed E-state index contributed by atoms with van der Waals surface area (Å²) in [5.41, 5.74) is 7.56. The lowest BCUT2D eigenvalue weighted by Crippen LogP contribution is -2.55. The number of carboxylic acids is 1. The molecule has 0 saturated heterocycles. The molecule has 3 aromatic carbocycles. The van der Waals surface area contributed by atoms with Crippen LogP contribution in [0.1, 0.15) is 43.4 Å². The van der Waals surface area contributed by atoms with Gasteiger partial charge < -0.3 is 75.1 Å². The van der Waals surface area contributed by atoms with E-state index in [1.165, 1.54) is 52.3 Å². The van der Waals surface area contributed by atoms with Crippen LogP contribution in [0.4, 0.5) is 20.1 Å². The van der Waals surface area contributed by atoms with Crippen molar-refractivity contribution in [1.82, 2.24) is 25.8 Å². The molecule has 68 heavy (non-hydrogen) atoms. The first-order valence-corrected chi connectivity index (χ1v) is 21.2. The molecule has 0 aliphatic rings. The zero-order chi connectivity index (χ0) is 50.3. The Morgan fingerprint density at radius 3 is 1.90 bits per heavy atom. The molecule has 3 rings (SSSR count). The van der Waals surface area contributed by atoms with Crippen LogP contribution in [0.3, 0.4) is 0 Å². The fraction of sp³-hybridized carbons (Fsp3) is 0.413. The van der Waals surface area contributed by atoms with Gasteiger partial charge in [0.15, 0.2) is 23.0 Å². The van der Waals surface area contributed by atoms with Crippen LogP contribution in [0.5, 0.6) is 28.7 Å². The van der Waals surface area contributed by atoms with Gasteiger partial charge in [-0.3, -0.25) is 14.4 Å². The second kappa shape index (κ2) is 27.7. The van der Waals surface area contributed by atoms with Crippen LogP contribution >= 0.6 is 0 Å². The van der Waals surface area contributed by atoms with Gasteiger partial charge in [-0.25, -0.2) is 19.2 Å². The highest BCUT2D eigenvalue weighted by Gasteiger charge is 2.29. The van der Waals surface area contributed by atoms with Gasteiger partial charge in [0.25, 0.3) is 0 Å². The molecule has 7 N–H and O–H groups in total. The molecule has 0 spiro atoms. The first-order valence-electron chi connectivity index (χ1n) is 21.2. The summed E-state index contributed by atoms with van der Waals surface area (Å²) in [7, 11) is 9.07. The Morgan fingerprint density at radius 1 is 0.721 bits per heavy atom. The number of ether oxygens (including phenoxy) is 7. The van der Waals surface area contributed by atoms with Crippen molar-refractivity contribution in [3.63, 3.8) is 0 Å². The van der Waals surface area contributed by atoms with Crippen molar-refractivity contribution >= 4 is 59.7 Å². The van der Waals surface area contributed by atoms with E-state index in [0.717, 1.165) is 5.56 Å². The van der Waals surface area contributed by atoms with Crippen LogP contribution in [-0.2, 0) is 35.3 Å². The number of aliphatic carboxylic acids is 1. The largest absolute Gasteiger partial charge is 0.493 e. The monoisotopic (exact) mass is 951 g/mol. The number of nitrogens with two attached hydrogens (primary N) is 1. The highest BCUT2D eigenvalue weighted by Crippen LogP contribution is 2.39. The van der Waals surface area contributed by atoms with Crippen LogP contribution in [-0.4, -0.2) is 144 Å². The first-order chi connectivity index (χ1) is 32.4. The number of carboxylic acid groups (broad SMARTS) is 1. The fourth-order valence-electron chi connectivity index (χ4n) is 6.12. The highest BCUT2D eigenvalue weighted by atomic mass is 16.6. The molecule has 22 heteroatoms. The second-order valence-electron chi connectivity index (χ2n) is 15.3. The van der Waals surface area contributed by atoms with Gasteiger partial charge in [-0.2, -0.15) is 0 Å². The van der Waals surface area contributed by atoms with Crippen molar-refractivity contribution < 1.29 is 71.8 Å². The number of primary amides is 1. The summed E-state index contributed by atoms with van der Waals surface area (Å²) in [5.74, 6) is -1.73. The predicted octanol–water partition coefficient (Wildman–Crippen LogP) is 3.70. The van der Waals surface area contributed by atoms with E-state index in [9.17, 15) is 33.6 Å². The maximum Gasteiger partial charge on any atom is 0.415 e. The lowest BCUT2D eigenvalue weighted by Gasteiger charge is -2.25. The van der Waals surface area contributed by atoms with Crippen molar-refractivity contribution in [3.05, 3.63) is 71.3 Å². The van der Waals surface area contributed by atoms with Crippen molar-refractivity contribution in [2.75, 3.05) is 80.7 Å². The summed E-state index contributed by atoms with van der Waals surface area (Å²) in [4.78, 5) is 89.6. The molecule has 7 amide bonds. The number of hydrogen-bond acceptors (Lipinski definition) is 14. The van der Waals surface area contributed by atoms with Gasteiger partial charge in [0.05, 0.1) is 28.4 Å². The van der Waals surface area contributed by atoms with Crippen LogP contribution in [0.2, 0.25) is 0 Å². The van der Waals surface area contributed by atoms with Crippen LogP contribution < -0.4 is 50.7 Å². The number of hydrogen-bond donors (Lipinski definition) is 6. The normalized spacial score (nSPS) is 11.7. The number of carbonyl (C=O) groups excluding carboxylic acids is 6. The van der Waals surface area contributed by atoms with E-state index in [2.05, 4.69) is 21.3 Å². The summed E-state index contributed by atoms with van der Waals surface area (Å²) in [6, 6.07) is 12.1. The molecule has 0 saturated carbocycles. The number of methoxy groups -OCH3 is 4. The molecule has 22 nitrogen and oxygen atoms in total. The molecule has 0 heterocycles. The third kappa shape index (κ3) is 17.9. The number of urea groups is 1. The Morgan fingerprint density at radius 2 is 1.32 bits per heavy atom. The predicted molar refractivity (Wildman–Crippen MR) is 249 cm³/mol. The quantitative estimate of drug-likeness (QED) is 0.0494. The van der Waals surface area contributed by atoms with Gasteiger partial charge in [0, 0.05) is 39.4 Å². The van der Waals surface area contributed by atoms with E-state index in [4.69, 9.17) is 44.0 Å². The molecule has 0 aliphatic carbocycles. The number of anilines is 1. The second-order valence-corrected chi connectivity index (χ2v) is 15.3. The number of nitrogens with zero attached hydrogens (tertiary/aromatic N) is 2. The smallest absolute Gasteiger partial charge is 0.415 e. The van der Waals surface area contributed by atoms with Gasteiger partial charge in [-0.05, 0) is 71.8 Å². The number of rotatable bonds is 26. The van der Waals surface area contributed by atoms with E-state index < -0.39 is 73.1 Å². The van der Waals surface area contributed by atoms with E-state index in [-0.39, 0.29) is 44.8 Å². The molecular formula is C46H61N7O15. The van der Waals surface area contributed by atoms with E-state index in [1.54, 1.807) is 68.4 Å². The lowest BCUT2D eigenvalue weighted by molar-refractivity contribution is -0.144. The molecule has 0 aliphatic heterocycles. The SMILES string of the molecule is COc1ccc(/C=C\c2cc(OC)c(OC)c(OC)c2)cc1OC(=O)N(C)CCN(C)C(=O)OCc1ccc(NC(=O)[C@H](CCCNC(N)=O)NC(=O)[C@@H](NC(=O)COCC(=O)O)C(C)C)cc1. The van der Waals surface area contributed by atoms with Gasteiger partial charge in [0.1, 0.15) is 31.9 Å². The van der Waals surface area contributed by atoms with Crippen LogP contribution in [0.15, 0.2) is 54.6 Å². The van der Waals surface area contributed by atoms with Crippen molar-refractivity contribution in [1.29, 1.82) is 0 Å². The summed E-state index contributed by atoms with van der Waals surface area (Å²) in [6.45, 7) is 2.26. The van der Waals surface area contributed by atoms with Crippen molar-refractivity contribution in [3.8, 4) is 28.7 Å². The Hall–Kier alpha value is -7.75. The number of likely N-dealkylation sites (N-methyl/N-ethyl adjacent to an activating group) is 2. The van der Waals surface area contributed by atoms with Crippen LogP contribution in [0, 0.1) is 5.92 Å². The fourth-order valence-corrected chi connectivity index (χ4v) is 6.12. The average molecular weight is 952 g/mol. The van der Waals surface area contributed by atoms with E-state index >= 15 is 0 Å². The number of carbonyl (C=O) groups is 7. The summed E-state index contributed by atoms with van der Waals surface area (Å²) in [5, 5.41) is 19.0. The van der Waals surface area contributed by atoms with E-state index in [1.807, 2.05) is 12.2 Å². The third-order valence-electron chi connectivity index (χ3n) is 9.84. The van der Waals surface area contributed by atoms with Gasteiger partial charge in [-0.15, -0.1) is 0 Å². The number of benzene rings is 3. The Balaban J connectivity index is 1.55. The maximum absolute atomic E-state index is 13.4. The highest BCUT2D eigenvalue weighted by molar-refractivity contribution is 5.98. The summed E-state index contributed by atoms with van der Waals surface area (Å²) >= 11 is 0. The Kier molecular flexibility index (Phi) is 22.2. The molecular weight excluding hydrogens is 891 g/mol. The van der Waals surface area contributed by atoms with Gasteiger partial charge in [0.2, 0.25) is 23.5 Å². The zero-order valence-corrected chi connectivity index (χ0v) is 39.4. The molecule has 0 aromatic heterocycles. The summed E-state index contributed by atoms with van der Waals surface area (Å²) in [6.07, 6.45) is 2.63. The Bertz CT molecular complexity index is 2210. The first kappa shape index (κ1) is 54.6. The van der Waals surface area contributed by atoms with Crippen molar-refractivity contribution in [2.45, 2.75) is 45.4 Å². The topological polar surface area (TPSA) is 285 Å². The minimum Gasteiger partial charge on any atom is -0.493 e. The zero-order valence-electron chi connectivity index (χ0n) is 39.4. The van der Waals surface area contributed by atoms with Crippen LogP contribution in [0.25, 0.3) is 12.2 Å². The average Bonchev–Trinajstić information content (AvgIpc) is 3.31. The standard InChI is InChI=1S/C46H61N7O15/c1-28(2)40(51-38(54)26-66-27-39(55)56)43(58)50-33(10-9-19-48-44(47)59)42(57)49-32-16-13-30(14-17-32)25-67-45(60)52(3)20-21-53(4)46(61)68-35-22-29(15-18-34(35)62-5)11-12-31-23-36(63-6)41(65-8)37(24-31)64-7/h11-18,22-24,28,33,40H,9-10,19-21,25-27H2,1-8H3,(H,49,57)(H,50,58)(H,51,54)(H,55,56)(H3,47,48,59)/b12-11-/t33-,40-/m0/s1. The molecule has 0 fully saturated rings. The third-order valence-corrected chi connectivity index (χ3v) is 9.84. The van der Waals surface area contributed by atoms with Gasteiger partial charge >= 0.3 is 24.2 Å². The van der Waals surface area contributed by atoms with E-state index in [0.29, 0.717) is 39.8 Å².